The number of carboxylic acid groups (broad SMARTS) is 1. The number of halogens is 3. The van der Waals surface area contributed by atoms with Gasteiger partial charge in [-0.2, -0.15) is 0 Å². The number of aromatic carboxylic acids is 1. The van der Waals surface area contributed by atoms with E-state index in [0.717, 1.165) is 66.4 Å². The normalized spacial score (nSPS) is 15.4. The van der Waals surface area contributed by atoms with E-state index in [9.17, 15) is 14.7 Å². The molecule has 1 saturated heterocycles. The van der Waals surface area contributed by atoms with Crippen LogP contribution in [0.1, 0.15) is 73.3 Å². The van der Waals surface area contributed by atoms with Gasteiger partial charge < -0.3 is 19.3 Å². The summed E-state index contributed by atoms with van der Waals surface area (Å²) in [4.78, 5) is 31.0. The molecule has 1 aliphatic heterocycles. The minimum atomic E-state index is -1.03. The SMILES string of the molecule is Cl.O=C(O)c1ccc2c(c1)nc(-c1ccc(OCc3cc(N4CCCCC4=O)ccc3-c3ccc(Cl)cc3)cc1F)n2C1CCCCC1. The third kappa shape index (κ3) is 6.78. The van der Waals surface area contributed by atoms with E-state index >= 15 is 4.39 Å². The average Bonchev–Trinajstić information content (AvgIpc) is 3.47. The first-order chi connectivity index (χ1) is 22.9. The summed E-state index contributed by atoms with van der Waals surface area (Å²) in [5, 5.41) is 10.2. The van der Waals surface area contributed by atoms with Gasteiger partial charge in [0, 0.05) is 35.8 Å². The molecule has 2 aliphatic rings. The molecule has 1 aliphatic carbocycles. The van der Waals surface area contributed by atoms with Gasteiger partial charge >= 0.3 is 5.97 Å². The van der Waals surface area contributed by atoms with Crippen LogP contribution in [0.25, 0.3) is 33.5 Å². The van der Waals surface area contributed by atoms with Crippen LogP contribution in [-0.4, -0.2) is 33.1 Å². The minimum Gasteiger partial charge on any atom is -0.489 e. The van der Waals surface area contributed by atoms with E-state index in [2.05, 4.69) is 4.57 Å². The Morgan fingerprint density at radius 2 is 1.69 bits per heavy atom. The van der Waals surface area contributed by atoms with Crippen molar-refractivity contribution in [2.45, 2.75) is 64.0 Å². The van der Waals surface area contributed by atoms with Gasteiger partial charge in [0.05, 0.1) is 22.2 Å². The monoisotopic (exact) mass is 687 g/mol. The van der Waals surface area contributed by atoms with Gasteiger partial charge in [-0.1, -0.05) is 49.1 Å². The smallest absolute Gasteiger partial charge is 0.335 e. The summed E-state index contributed by atoms with van der Waals surface area (Å²) < 4.78 is 24.3. The second-order valence-electron chi connectivity index (χ2n) is 12.4. The van der Waals surface area contributed by atoms with Crippen LogP contribution in [0.2, 0.25) is 5.02 Å². The van der Waals surface area contributed by atoms with Crippen molar-refractivity contribution in [2.75, 3.05) is 11.4 Å². The number of amides is 1. The topological polar surface area (TPSA) is 84.7 Å². The van der Waals surface area contributed by atoms with Gasteiger partial charge in [0.15, 0.2) is 0 Å². The van der Waals surface area contributed by atoms with E-state index in [1.165, 1.54) is 12.5 Å². The molecular formula is C38H36Cl2FN3O4. The zero-order valence-corrected chi connectivity index (χ0v) is 27.9. The van der Waals surface area contributed by atoms with E-state index in [0.29, 0.717) is 40.6 Å². The fourth-order valence-electron chi connectivity index (χ4n) is 6.92. The highest BCUT2D eigenvalue weighted by Crippen LogP contribution is 2.38. The number of benzene rings is 4. The number of nitrogens with zero attached hydrogens (tertiary/aromatic N) is 3. The number of hydrogen-bond donors (Lipinski definition) is 1. The number of piperidine rings is 1. The van der Waals surface area contributed by atoms with Crippen molar-refractivity contribution in [1.82, 2.24) is 9.55 Å². The van der Waals surface area contributed by atoms with Gasteiger partial charge in [-0.25, -0.2) is 14.2 Å². The molecule has 48 heavy (non-hydrogen) atoms. The molecule has 1 saturated carbocycles. The standard InChI is InChI=1S/C38H35ClFN3O4.ClH/c39-27-12-9-24(10-13-27)31-16-14-29(42-19-5-4-8-36(42)44)20-26(31)23-47-30-15-17-32(33(40)22-30)37-41-34-21-25(38(45)46)11-18-35(34)43(37)28-6-2-1-3-7-28;/h9-18,20-22,28H,1-8,19,23H2,(H,45,46);1H. The van der Waals surface area contributed by atoms with Crippen LogP contribution < -0.4 is 9.64 Å². The molecule has 0 bridgehead atoms. The Balaban J connectivity index is 0.00000401. The Kier molecular flexibility index (Phi) is 10.0. The molecule has 1 aromatic heterocycles. The van der Waals surface area contributed by atoms with Crippen molar-refractivity contribution < 1.29 is 23.8 Å². The summed E-state index contributed by atoms with van der Waals surface area (Å²) in [6.07, 6.45) is 7.63. The zero-order chi connectivity index (χ0) is 32.5. The summed E-state index contributed by atoms with van der Waals surface area (Å²) in [6, 6.07) is 23.4. The molecule has 2 fully saturated rings. The summed E-state index contributed by atoms with van der Waals surface area (Å²) >= 11 is 6.16. The van der Waals surface area contributed by atoms with Crippen molar-refractivity contribution in [3.05, 3.63) is 101 Å². The van der Waals surface area contributed by atoms with Gasteiger partial charge in [-0.05, 0) is 97.0 Å². The molecule has 0 unspecified atom stereocenters. The first kappa shape index (κ1) is 33.5. The Hall–Kier alpha value is -4.40. The Morgan fingerprint density at radius 3 is 2.42 bits per heavy atom. The van der Waals surface area contributed by atoms with Crippen molar-refractivity contribution in [3.8, 4) is 28.3 Å². The van der Waals surface area contributed by atoms with Crippen LogP contribution in [0.5, 0.6) is 5.75 Å². The van der Waals surface area contributed by atoms with Crippen LogP contribution in [-0.2, 0) is 11.4 Å². The number of anilines is 1. The van der Waals surface area contributed by atoms with E-state index < -0.39 is 11.8 Å². The maximum Gasteiger partial charge on any atom is 0.335 e. The largest absolute Gasteiger partial charge is 0.489 e. The zero-order valence-electron chi connectivity index (χ0n) is 26.3. The maximum atomic E-state index is 16.0. The predicted octanol–water partition coefficient (Wildman–Crippen LogP) is 9.88. The van der Waals surface area contributed by atoms with Crippen molar-refractivity contribution in [3.63, 3.8) is 0 Å². The number of carboxylic acids is 1. The van der Waals surface area contributed by atoms with Crippen LogP contribution in [0.4, 0.5) is 10.1 Å². The Labute approximate surface area is 289 Å². The summed E-state index contributed by atoms with van der Waals surface area (Å²) in [5.41, 5.74) is 5.40. The molecule has 0 atom stereocenters. The van der Waals surface area contributed by atoms with E-state index in [1.807, 2.05) is 47.4 Å². The lowest BCUT2D eigenvalue weighted by atomic mass is 9.94. The van der Waals surface area contributed by atoms with Gasteiger partial charge in [0.1, 0.15) is 24.0 Å². The Morgan fingerprint density at radius 1 is 0.917 bits per heavy atom. The highest BCUT2D eigenvalue weighted by Gasteiger charge is 2.25. The first-order valence-electron chi connectivity index (χ1n) is 16.2. The second kappa shape index (κ2) is 14.4. The number of hydrogen-bond acceptors (Lipinski definition) is 4. The van der Waals surface area contributed by atoms with Crippen LogP contribution in [0.3, 0.4) is 0 Å². The lowest BCUT2D eigenvalue weighted by Crippen LogP contribution is -2.35. The number of fused-ring (bicyclic) bond motifs is 1. The molecule has 7 nitrogen and oxygen atoms in total. The highest BCUT2D eigenvalue weighted by molar-refractivity contribution is 6.30. The lowest BCUT2D eigenvalue weighted by molar-refractivity contribution is -0.119. The summed E-state index contributed by atoms with van der Waals surface area (Å²) in [5.74, 6) is -0.540. The molecule has 248 valence electrons. The van der Waals surface area contributed by atoms with E-state index in [4.69, 9.17) is 21.3 Å². The van der Waals surface area contributed by atoms with Crippen molar-refractivity contribution >= 4 is 52.6 Å². The van der Waals surface area contributed by atoms with Crippen LogP contribution in [0, 0.1) is 5.82 Å². The summed E-state index contributed by atoms with van der Waals surface area (Å²) in [6.45, 7) is 0.834. The van der Waals surface area contributed by atoms with E-state index in [1.54, 1.807) is 30.3 Å². The van der Waals surface area contributed by atoms with Crippen LogP contribution in [0.15, 0.2) is 78.9 Å². The molecule has 0 spiro atoms. The molecule has 4 aromatic carbocycles. The first-order valence-corrected chi connectivity index (χ1v) is 16.6. The number of rotatable bonds is 8. The van der Waals surface area contributed by atoms with Gasteiger partial charge in [-0.15, -0.1) is 12.4 Å². The molecule has 10 heteroatoms. The number of imidazole rings is 1. The Bertz CT molecular complexity index is 1970. The lowest BCUT2D eigenvalue weighted by Gasteiger charge is -2.27. The van der Waals surface area contributed by atoms with E-state index in [-0.39, 0.29) is 36.5 Å². The number of carbonyl (C=O) groups excluding carboxylic acids is 1. The quantitative estimate of drug-likeness (QED) is 0.176. The average molecular weight is 689 g/mol. The maximum absolute atomic E-state index is 16.0. The fourth-order valence-corrected chi connectivity index (χ4v) is 7.04. The molecule has 2 heterocycles. The third-order valence-corrected chi connectivity index (χ3v) is 9.58. The van der Waals surface area contributed by atoms with Gasteiger partial charge in [0.2, 0.25) is 5.91 Å². The number of aromatic nitrogens is 2. The summed E-state index contributed by atoms with van der Waals surface area (Å²) in [7, 11) is 0. The molecule has 1 amide bonds. The second-order valence-corrected chi connectivity index (χ2v) is 12.8. The molecule has 5 aromatic rings. The van der Waals surface area contributed by atoms with Gasteiger partial charge in [0.25, 0.3) is 0 Å². The number of carbonyl (C=O) groups is 2. The molecule has 1 N–H and O–H groups in total. The van der Waals surface area contributed by atoms with Gasteiger partial charge in [-0.3, -0.25) is 4.79 Å². The molecular weight excluding hydrogens is 652 g/mol. The van der Waals surface area contributed by atoms with Crippen molar-refractivity contribution in [1.29, 1.82) is 0 Å². The number of ether oxygens (including phenoxy) is 1. The molecule has 0 radical (unpaired) electrons. The van der Waals surface area contributed by atoms with Crippen molar-refractivity contribution in [2.24, 2.45) is 0 Å². The fraction of sp³-hybridized carbons (Fsp3) is 0.289. The molecule has 7 rings (SSSR count). The minimum absolute atomic E-state index is 0. The highest BCUT2D eigenvalue weighted by atomic mass is 35.5. The predicted molar refractivity (Wildman–Crippen MR) is 189 cm³/mol. The third-order valence-electron chi connectivity index (χ3n) is 9.33. The van der Waals surface area contributed by atoms with Crippen LogP contribution >= 0.6 is 24.0 Å².